The van der Waals surface area contributed by atoms with Gasteiger partial charge in [-0.25, -0.2) is 0 Å². The van der Waals surface area contributed by atoms with Crippen LogP contribution in [0.4, 0.5) is 0 Å². The summed E-state index contributed by atoms with van der Waals surface area (Å²) in [5.74, 6) is 0. The second kappa shape index (κ2) is 5.75. The van der Waals surface area contributed by atoms with Crippen LogP contribution in [0.5, 0.6) is 0 Å². The molecule has 1 N–H and O–H groups in total. The summed E-state index contributed by atoms with van der Waals surface area (Å²) in [6.07, 6.45) is 5.13. The number of nitrogens with one attached hydrogen (secondary N) is 1. The largest absolute Gasteiger partial charge is 0.305 e. The molecule has 2 rings (SSSR count). The molecule has 1 heterocycles. The van der Waals surface area contributed by atoms with Crippen molar-refractivity contribution < 1.29 is 0 Å². The molecule has 0 aliphatic carbocycles. The number of nitrogens with zero attached hydrogens (tertiary/aromatic N) is 2. The number of rotatable bonds is 4. The molecule has 0 bridgehead atoms. The van der Waals surface area contributed by atoms with Gasteiger partial charge in [-0.2, -0.15) is 0 Å². The van der Waals surface area contributed by atoms with Crippen molar-refractivity contribution in [2.75, 3.05) is 0 Å². The fraction of sp³-hybridized carbons (Fsp3) is 0.231. The topological polar surface area (TPSA) is 37.8 Å². The average molecular weight is 248 g/mol. The molecule has 1 aromatic heterocycles. The van der Waals surface area contributed by atoms with E-state index in [-0.39, 0.29) is 6.04 Å². The fourth-order valence-corrected chi connectivity index (χ4v) is 1.77. The van der Waals surface area contributed by atoms with Gasteiger partial charge < -0.3 is 5.32 Å². The first-order chi connectivity index (χ1) is 8.25. The first-order valence-corrected chi connectivity index (χ1v) is 5.87. The van der Waals surface area contributed by atoms with Gasteiger partial charge in [-0.05, 0) is 24.6 Å². The van der Waals surface area contributed by atoms with Gasteiger partial charge in [0.1, 0.15) is 0 Å². The molecule has 1 aromatic carbocycles. The highest BCUT2D eigenvalue weighted by atomic mass is 35.5. The Morgan fingerprint density at radius 2 is 2.24 bits per heavy atom. The lowest BCUT2D eigenvalue weighted by Crippen LogP contribution is -2.18. The zero-order valence-electron chi connectivity index (χ0n) is 9.60. The van der Waals surface area contributed by atoms with Crippen LogP contribution in [0, 0.1) is 0 Å². The highest BCUT2D eigenvalue weighted by molar-refractivity contribution is 6.30. The monoisotopic (exact) mass is 247 g/mol. The Bertz CT molecular complexity index is 473. The van der Waals surface area contributed by atoms with Crippen LogP contribution in [0.1, 0.15) is 24.2 Å². The summed E-state index contributed by atoms with van der Waals surface area (Å²) in [5, 5.41) is 4.14. The van der Waals surface area contributed by atoms with Crippen molar-refractivity contribution in [2.45, 2.75) is 19.5 Å². The zero-order chi connectivity index (χ0) is 12.1. The van der Waals surface area contributed by atoms with Crippen molar-refractivity contribution in [3.8, 4) is 0 Å². The molecule has 1 atom stereocenters. The molecule has 0 saturated heterocycles. The second-order valence-corrected chi connectivity index (χ2v) is 4.29. The molecule has 88 valence electrons. The average Bonchev–Trinajstić information content (AvgIpc) is 2.37. The van der Waals surface area contributed by atoms with Gasteiger partial charge in [0.15, 0.2) is 0 Å². The van der Waals surface area contributed by atoms with Gasteiger partial charge in [-0.3, -0.25) is 9.97 Å². The van der Waals surface area contributed by atoms with Crippen molar-refractivity contribution in [2.24, 2.45) is 0 Å². The minimum absolute atomic E-state index is 0.232. The van der Waals surface area contributed by atoms with Crippen molar-refractivity contribution in [1.29, 1.82) is 0 Å². The number of hydrogen-bond acceptors (Lipinski definition) is 3. The Balaban J connectivity index is 1.96. The Morgan fingerprint density at radius 3 is 2.94 bits per heavy atom. The lowest BCUT2D eigenvalue weighted by molar-refractivity contribution is 0.566. The first-order valence-electron chi connectivity index (χ1n) is 5.49. The third-order valence-corrected chi connectivity index (χ3v) is 2.79. The molecule has 0 aliphatic rings. The standard InChI is InChI=1S/C13H14ClN3/c1-10(11-3-2-4-12(14)7-11)17-9-13-8-15-5-6-16-13/h2-8,10,17H,9H2,1H3/t10-/m1/s1. The van der Waals surface area contributed by atoms with E-state index in [1.165, 1.54) is 5.56 Å². The smallest absolute Gasteiger partial charge is 0.0724 e. The van der Waals surface area contributed by atoms with E-state index >= 15 is 0 Å². The van der Waals surface area contributed by atoms with Gasteiger partial charge in [0.2, 0.25) is 0 Å². The molecule has 0 amide bonds. The van der Waals surface area contributed by atoms with Crippen LogP contribution in [-0.4, -0.2) is 9.97 Å². The lowest BCUT2D eigenvalue weighted by atomic mass is 10.1. The van der Waals surface area contributed by atoms with Crippen molar-refractivity contribution in [3.05, 3.63) is 59.1 Å². The van der Waals surface area contributed by atoms with Crippen LogP contribution in [-0.2, 0) is 6.54 Å². The summed E-state index contributed by atoms with van der Waals surface area (Å²) in [7, 11) is 0. The number of benzene rings is 1. The summed E-state index contributed by atoms with van der Waals surface area (Å²) in [6.45, 7) is 2.80. The van der Waals surface area contributed by atoms with E-state index < -0.39 is 0 Å². The summed E-state index contributed by atoms with van der Waals surface area (Å²) in [5.41, 5.74) is 2.10. The van der Waals surface area contributed by atoms with E-state index in [0.29, 0.717) is 6.54 Å². The Morgan fingerprint density at radius 1 is 1.35 bits per heavy atom. The van der Waals surface area contributed by atoms with Crippen LogP contribution < -0.4 is 5.32 Å². The van der Waals surface area contributed by atoms with E-state index in [1.807, 2.05) is 18.2 Å². The molecular weight excluding hydrogens is 234 g/mol. The van der Waals surface area contributed by atoms with Gasteiger partial charge in [0, 0.05) is 36.2 Å². The molecule has 3 nitrogen and oxygen atoms in total. The molecule has 0 aliphatic heterocycles. The molecule has 0 radical (unpaired) electrons. The summed E-state index contributed by atoms with van der Waals surface area (Å²) >= 11 is 5.96. The summed E-state index contributed by atoms with van der Waals surface area (Å²) in [6, 6.07) is 8.09. The van der Waals surface area contributed by atoms with E-state index in [9.17, 15) is 0 Å². The Hall–Kier alpha value is -1.45. The molecule has 0 saturated carbocycles. The van der Waals surface area contributed by atoms with E-state index in [4.69, 9.17) is 11.6 Å². The van der Waals surface area contributed by atoms with Gasteiger partial charge in [0.25, 0.3) is 0 Å². The second-order valence-electron chi connectivity index (χ2n) is 3.85. The van der Waals surface area contributed by atoms with Gasteiger partial charge in [-0.1, -0.05) is 23.7 Å². The van der Waals surface area contributed by atoms with Gasteiger partial charge in [-0.15, -0.1) is 0 Å². The van der Waals surface area contributed by atoms with Crippen LogP contribution in [0.15, 0.2) is 42.9 Å². The van der Waals surface area contributed by atoms with Crippen molar-refractivity contribution in [1.82, 2.24) is 15.3 Å². The maximum absolute atomic E-state index is 5.96. The molecule has 0 spiro atoms. The van der Waals surface area contributed by atoms with Crippen LogP contribution in [0.3, 0.4) is 0 Å². The molecule has 0 fully saturated rings. The highest BCUT2D eigenvalue weighted by Crippen LogP contribution is 2.17. The third-order valence-electron chi connectivity index (χ3n) is 2.55. The quantitative estimate of drug-likeness (QED) is 0.903. The van der Waals surface area contributed by atoms with E-state index in [1.54, 1.807) is 18.6 Å². The summed E-state index contributed by atoms with van der Waals surface area (Å²) < 4.78 is 0. The van der Waals surface area contributed by atoms with Crippen LogP contribution in [0.25, 0.3) is 0 Å². The van der Waals surface area contributed by atoms with Crippen molar-refractivity contribution >= 4 is 11.6 Å². The molecule has 17 heavy (non-hydrogen) atoms. The van der Waals surface area contributed by atoms with Crippen LogP contribution >= 0.6 is 11.6 Å². The Kier molecular flexibility index (Phi) is 4.07. The number of halogens is 1. The predicted molar refractivity (Wildman–Crippen MR) is 68.7 cm³/mol. The van der Waals surface area contributed by atoms with E-state index in [0.717, 1.165) is 10.7 Å². The first kappa shape index (κ1) is 12.0. The molecule has 0 unspecified atom stereocenters. The minimum Gasteiger partial charge on any atom is -0.305 e. The zero-order valence-corrected chi connectivity index (χ0v) is 10.4. The highest BCUT2D eigenvalue weighted by Gasteiger charge is 2.05. The van der Waals surface area contributed by atoms with Gasteiger partial charge in [0.05, 0.1) is 5.69 Å². The molecule has 2 aromatic rings. The predicted octanol–water partition coefficient (Wildman–Crippen LogP) is 2.98. The Labute approximate surface area is 106 Å². The lowest BCUT2D eigenvalue weighted by Gasteiger charge is -2.13. The maximum Gasteiger partial charge on any atom is 0.0724 e. The SMILES string of the molecule is C[C@@H](NCc1cnccn1)c1cccc(Cl)c1. The van der Waals surface area contributed by atoms with Crippen LogP contribution in [0.2, 0.25) is 5.02 Å². The summed E-state index contributed by atoms with van der Waals surface area (Å²) in [4.78, 5) is 8.24. The maximum atomic E-state index is 5.96. The van der Waals surface area contributed by atoms with Gasteiger partial charge >= 0.3 is 0 Å². The number of aromatic nitrogens is 2. The third kappa shape index (κ3) is 3.51. The normalized spacial score (nSPS) is 12.4. The fourth-order valence-electron chi connectivity index (χ4n) is 1.57. The van der Waals surface area contributed by atoms with Crippen molar-refractivity contribution in [3.63, 3.8) is 0 Å². The minimum atomic E-state index is 0.232. The number of hydrogen-bond donors (Lipinski definition) is 1. The molecule has 4 heteroatoms. The van der Waals surface area contributed by atoms with E-state index in [2.05, 4.69) is 28.3 Å². The molecular formula is C13H14ClN3.